The molecule has 3 nitrogen and oxygen atoms in total. The zero-order valence-electron chi connectivity index (χ0n) is 8.65. The van der Waals surface area contributed by atoms with Crippen LogP contribution in [0.15, 0.2) is 35.3 Å². The number of aryl methyl sites for hydroxylation is 2. The summed E-state index contributed by atoms with van der Waals surface area (Å²) in [5.41, 5.74) is 2.93. The van der Waals surface area contributed by atoms with Crippen LogP contribution in [0.1, 0.15) is 27.2 Å². The van der Waals surface area contributed by atoms with Crippen molar-refractivity contribution in [2.75, 3.05) is 0 Å². The fraction of sp³-hybridized carbons (Fsp3) is 0.167. The lowest BCUT2D eigenvalue weighted by Gasteiger charge is -1.99. The van der Waals surface area contributed by atoms with Gasteiger partial charge in [0.1, 0.15) is 6.26 Å². The summed E-state index contributed by atoms with van der Waals surface area (Å²) in [7, 11) is 0. The van der Waals surface area contributed by atoms with Gasteiger partial charge in [0, 0.05) is 17.5 Å². The van der Waals surface area contributed by atoms with Crippen molar-refractivity contribution in [3.8, 4) is 0 Å². The molecule has 0 spiro atoms. The second-order valence-corrected chi connectivity index (χ2v) is 3.49. The summed E-state index contributed by atoms with van der Waals surface area (Å²) in [5.74, 6) is -0.0475. The van der Waals surface area contributed by atoms with E-state index in [2.05, 4.69) is 4.98 Å². The number of hydrogen-bond acceptors (Lipinski definition) is 3. The number of hydrogen-bond donors (Lipinski definition) is 0. The minimum atomic E-state index is -0.0475. The van der Waals surface area contributed by atoms with E-state index in [0.29, 0.717) is 11.1 Å². The summed E-state index contributed by atoms with van der Waals surface area (Å²) < 4.78 is 4.97. The monoisotopic (exact) mass is 201 g/mol. The summed E-state index contributed by atoms with van der Waals surface area (Å²) in [4.78, 5) is 16.0. The van der Waals surface area contributed by atoms with Gasteiger partial charge in [-0.3, -0.25) is 9.78 Å². The zero-order chi connectivity index (χ0) is 10.8. The van der Waals surface area contributed by atoms with Gasteiger partial charge in [-0.25, -0.2) is 0 Å². The summed E-state index contributed by atoms with van der Waals surface area (Å²) in [6.07, 6.45) is 4.62. The predicted octanol–water partition coefficient (Wildman–Crippen LogP) is 2.52. The van der Waals surface area contributed by atoms with Gasteiger partial charge in [0.05, 0.1) is 11.8 Å². The predicted molar refractivity (Wildman–Crippen MR) is 55.9 cm³/mol. The van der Waals surface area contributed by atoms with Crippen LogP contribution in [0.5, 0.6) is 0 Å². The molecule has 0 fully saturated rings. The van der Waals surface area contributed by atoms with E-state index < -0.39 is 0 Å². The molecule has 15 heavy (non-hydrogen) atoms. The van der Waals surface area contributed by atoms with Gasteiger partial charge in [-0.05, 0) is 31.5 Å². The third-order valence-corrected chi connectivity index (χ3v) is 2.27. The number of pyridine rings is 1. The van der Waals surface area contributed by atoms with Crippen LogP contribution < -0.4 is 0 Å². The van der Waals surface area contributed by atoms with Crippen molar-refractivity contribution in [1.29, 1.82) is 0 Å². The topological polar surface area (TPSA) is 43.1 Å². The highest BCUT2D eigenvalue weighted by atomic mass is 16.3. The third-order valence-electron chi connectivity index (χ3n) is 2.27. The van der Waals surface area contributed by atoms with Crippen molar-refractivity contribution in [3.63, 3.8) is 0 Å². The molecule has 0 saturated carbocycles. The number of carbonyl (C=O) groups is 1. The van der Waals surface area contributed by atoms with Crippen molar-refractivity contribution in [2.45, 2.75) is 13.8 Å². The van der Waals surface area contributed by atoms with Crippen LogP contribution in [0.2, 0.25) is 0 Å². The van der Waals surface area contributed by atoms with E-state index in [0.717, 1.165) is 11.3 Å². The molecule has 0 aliphatic heterocycles. The summed E-state index contributed by atoms with van der Waals surface area (Å²) in [5, 5.41) is 0. The van der Waals surface area contributed by atoms with Gasteiger partial charge in [0.15, 0.2) is 5.78 Å². The second kappa shape index (κ2) is 3.69. The largest absolute Gasteiger partial charge is 0.472 e. The Kier molecular flexibility index (Phi) is 2.37. The van der Waals surface area contributed by atoms with Crippen LogP contribution >= 0.6 is 0 Å². The Bertz CT molecular complexity index is 483. The molecule has 2 heterocycles. The van der Waals surface area contributed by atoms with Crippen molar-refractivity contribution >= 4 is 5.78 Å². The highest BCUT2D eigenvalue weighted by Gasteiger charge is 2.13. The molecule has 0 atom stereocenters. The number of furan rings is 1. The van der Waals surface area contributed by atoms with Gasteiger partial charge in [-0.15, -0.1) is 0 Å². The molecule has 2 rings (SSSR count). The van der Waals surface area contributed by atoms with Crippen molar-refractivity contribution < 1.29 is 9.21 Å². The SMILES string of the molecule is Cc1ccc(C(=O)c2cocc2C)cn1. The molecular weight excluding hydrogens is 190 g/mol. The fourth-order valence-corrected chi connectivity index (χ4v) is 1.35. The van der Waals surface area contributed by atoms with Crippen LogP contribution in [-0.2, 0) is 0 Å². The molecule has 0 unspecified atom stereocenters. The molecule has 0 N–H and O–H groups in total. The quantitative estimate of drug-likeness (QED) is 0.701. The van der Waals surface area contributed by atoms with Crippen molar-refractivity contribution in [1.82, 2.24) is 4.98 Å². The van der Waals surface area contributed by atoms with Crippen LogP contribution in [0.25, 0.3) is 0 Å². The molecule has 3 heteroatoms. The molecule has 0 aromatic carbocycles. The summed E-state index contributed by atoms with van der Waals surface area (Å²) in [6, 6.07) is 3.60. The standard InChI is InChI=1S/C12H11NO2/c1-8-6-15-7-11(8)12(14)10-4-3-9(2)13-5-10/h3-7H,1-2H3. The van der Waals surface area contributed by atoms with E-state index in [1.807, 2.05) is 19.9 Å². The maximum Gasteiger partial charge on any atom is 0.198 e. The van der Waals surface area contributed by atoms with Gasteiger partial charge < -0.3 is 4.42 Å². The zero-order valence-corrected chi connectivity index (χ0v) is 8.65. The number of nitrogens with zero attached hydrogens (tertiary/aromatic N) is 1. The second-order valence-electron chi connectivity index (χ2n) is 3.49. The van der Waals surface area contributed by atoms with E-state index in [9.17, 15) is 4.79 Å². The summed E-state index contributed by atoms with van der Waals surface area (Å²) in [6.45, 7) is 3.73. The molecule has 0 bridgehead atoms. The van der Waals surface area contributed by atoms with E-state index in [-0.39, 0.29) is 5.78 Å². The lowest BCUT2D eigenvalue weighted by atomic mass is 10.0. The fourth-order valence-electron chi connectivity index (χ4n) is 1.35. The van der Waals surface area contributed by atoms with E-state index in [4.69, 9.17) is 4.42 Å². The van der Waals surface area contributed by atoms with E-state index >= 15 is 0 Å². The van der Waals surface area contributed by atoms with Crippen LogP contribution in [-0.4, -0.2) is 10.8 Å². The van der Waals surface area contributed by atoms with Crippen molar-refractivity contribution in [3.05, 3.63) is 53.2 Å². The van der Waals surface area contributed by atoms with Gasteiger partial charge in [-0.2, -0.15) is 0 Å². The average Bonchev–Trinajstić information content (AvgIpc) is 2.65. The Morgan fingerprint density at radius 1 is 1.27 bits per heavy atom. The normalized spacial score (nSPS) is 10.3. The first-order valence-corrected chi connectivity index (χ1v) is 4.68. The third kappa shape index (κ3) is 1.81. The Labute approximate surface area is 87.8 Å². The molecule has 0 aliphatic rings. The first-order chi connectivity index (χ1) is 7.18. The summed E-state index contributed by atoms with van der Waals surface area (Å²) >= 11 is 0. The number of rotatable bonds is 2. The van der Waals surface area contributed by atoms with Gasteiger partial charge in [0.2, 0.25) is 0 Å². The molecule has 2 aromatic heterocycles. The van der Waals surface area contributed by atoms with Gasteiger partial charge in [-0.1, -0.05) is 0 Å². The molecule has 2 aromatic rings. The lowest BCUT2D eigenvalue weighted by molar-refractivity contribution is 0.103. The minimum Gasteiger partial charge on any atom is -0.472 e. The molecule has 0 amide bonds. The first kappa shape index (κ1) is 9.65. The van der Waals surface area contributed by atoms with E-state index in [1.54, 1.807) is 18.5 Å². The molecular formula is C12H11NO2. The van der Waals surface area contributed by atoms with Crippen LogP contribution in [0, 0.1) is 13.8 Å². The molecule has 0 radical (unpaired) electrons. The molecule has 0 aliphatic carbocycles. The maximum absolute atomic E-state index is 11.9. The van der Waals surface area contributed by atoms with Gasteiger partial charge in [0.25, 0.3) is 0 Å². The molecule has 0 saturated heterocycles. The van der Waals surface area contributed by atoms with Crippen molar-refractivity contribution in [2.24, 2.45) is 0 Å². The van der Waals surface area contributed by atoms with E-state index in [1.165, 1.54) is 6.26 Å². The minimum absolute atomic E-state index is 0.0475. The lowest BCUT2D eigenvalue weighted by Crippen LogP contribution is -2.02. The Hall–Kier alpha value is -1.90. The first-order valence-electron chi connectivity index (χ1n) is 4.68. The van der Waals surface area contributed by atoms with Crippen LogP contribution in [0.3, 0.4) is 0 Å². The number of carbonyl (C=O) groups excluding carboxylic acids is 1. The number of aromatic nitrogens is 1. The van der Waals surface area contributed by atoms with Gasteiger partial charge >= 0.3 is 0 Å². The maximum atomic E-state index is 11.9. The van der Waals surface area contributed by atoms with Crippen LogP contribution in [0.4, 0.5) is 0 Å². The smallest absolute Gasteiger partial charge is 0.198 e. The Morgan fingerprint density at radius 3 is 2.60 bits per heavy atom. The highest BCUT2D eigenvalue weighted by molar-refractivity contribution is 6.09. The Morgan fingerprint density at radius 2 is 2.07 bits per heavy atom. The Balaban J connectivity index is 2.37. The number of ketones is 1. The highest BCUT2D eigenvalue weighted by Crippen LogP contribution is 2.14. The average molecular weight is 201 g/mol. The molecule has 76 valence electrons.